The van der Waals surface area contributed by atoms with E-state index in [0.29, 0.717) is 11.6 Å². The van der Waals surface area contributed by atoms with E-state index in [-0.39, 0.29) is 36.7 Å². The van der Waals surface area contributed by atoms with Gasteiger partial charge in [-0.15, -0.1) is 0 Å². The molecule has 3 heterocycles. The third-order valence-corrected chi connectivity index (χ3v) is 6.09. The molecule has 3 unspecified atom stereocenters. The van der Waals surface area contributed by atoms with Gasteiger partial charge in [-0.3, -0.25) is 9.69 Å². The summed E-state index contributed by atoms with van der Waals surface area (Å²) in [5.41, 5.74) is 8.85. The van der Waals surface area contributed by atoms with Crippen molar-refractivity contribution in [3.05, 3.63) is 83.1 Å². The molecule has 31 heavy (non-hydrogen) atoms. The molecule has 2 fully saturated rings. The Morgan fingerprint density at radius 1 is 1.06 bits per heavy atom. The molecular formula is C22H23ClN6O2. The molecule has 9 heteroatoms. The molecular weight excluding hydrogens is 416 g/mol. The number of hydrazine groups is 2. The number of urea groups is 1. The molecule has 3 aliphatic rings. The summed E-state index contributed by atoms with van der Waals surface area (Å²) in [6.45, 7) is 0.380. The number of nitrogens with zero attached hydrogens (tertiary/aromatic N) is 3. The van der Waals surface area contributed by atoms with Crippen LogP contribution in [0.5, 0.6) is 0 Å². The SMILES string of the molecule is O=C(CN1NC2C3CC(c4ccc(Cl)cc4)NN3C=CN2C1=O)NCc1ccccc1. The summed E-state index contributed by atoms with van der Waals surface area (Å²) in [5, 5.41) is 6.98. The highest BCUT2D eigenvalue weighted by Crippen LogP contribution is 2.34. The minimum Gasteiger partial charge on any atom is -0.350 e. The van der Waals surface area contributed by atoms with E-state index >= 15 is 0 Å². The number of carbonyl (C=O) groups is 2. The quantitative estimate of drug-likeness (QED) is 0.667. The molecule has 3 atom stereocenters. The zero-order chi connectivity index (χ0) is 21.4. The van der Waals surface area contributed by atoms with Crippen molar-refractivity contribution < 1.29 is 9.59 Å². The van der Waals surface area contributed by atoms with Gasteiger partial charge >= 0.3 is 6.03 Å². The van der Waals surface area contributed by atoms with E-state index in [1.165, 1.54) is 5.01 Å². The summed E-state index contributed by atoms with van der Waals surface area (Å²) < 4.78 is 0. The summed E-state index contributed by atoms with van der Waals surface area (Å²) in [7, 11) is 0. The Labute approximate surface area is 185 Å². The van der Waals surface area contributed by atoms with Crippen LogP contribution in [-0.4, -0.2) is 45.6 Å². The first-order valence-corrected chi connectivity index (χ1v) is 10.6. The maximum atomic E-state index is 12.8. The number of benzene rings is 2. The van der Waals surface area contributed by atoms with Crippen LogP contribution in [0.4, 0.5) is 4.79 Å². The number of amides is 3. The van der Waals surface area contributed by atoms with E-state index in [2.05, 4.69) is 16.2 Å². The molecule has 3 aliphatic heterocycles. The van der Waals surface area contributed by atoms with Gasteiger partial charge in [0.2, 0.25) is 5.91 Å². The van der Waals surface area contributed by atoms with Crippen LogP contribution < -0.4 is 16.2 Å². The molecule has 160 valence electrons. The molecule has 0 saturated carbocycles. The largest absolute Gasteiger partial charge is 0.350 e. The minimum absolute atomic E-state index is 0.0343. The standard InChI is InChI=1S/C22H23ClN6O2/c23-17-8-6-16(7-9-17)18-12-19-21-26-29(22(31)27(21)10-11-28(19)25-18)14-20(30)24-13-15-4-2-1-3-5-15/h1-11,18-19,21,25-26H,12-14H2,(H,24,30). The van der Waals surface area contributed by atoms with Crippen molar-refractivity contribution in [1.29, 1.82) is 0 Å². The fourth-order valence-corrected chi connectivity index (χ4v) is 4.37. The molecule has 2 aromatic carbocycles. The number of hydrogen-bond acceptors (Lipinski definition) is 5. The molecule has 3 N–H and O–H groups in total. The molecule has 0 radical (unpaired) electrons. The van der Waals surface area contributed by atoms with Crippen LogP contribution in [0.25, 0.3) is 0 Å². The first-order valence-electron chi connectivity index (χ1n) is 10.2. The van der Waals surface area contributed by atoms with Gasteiger partial charge in [0.15, 0.2) is 0 Å². The Morgan fingerprint density at radius 2 is 1.84 bits per heavy atom. The van der Waals surface area contributed by atoms with Gasteiger partial charge in [-0.1, -0.05) is 54.1 Å². The Hall–Kier alpha value is -3.07. The van der Waals surface area contributed by atoms with Gasteiger partial charge < -0.3 is 10.3 Å². The van der Waals surface area contributed by atoms with Gasteiger partial charge in [0.05, 0.1) is 12.1 Å². The summed E-state index contributed by atoms with van der Waals surface area (Å²) in [6.07, 6.45) is 4.18. The average molecular weight is 439 g/mol. The van der Waals surface area contributed by atoms with Gasteiger partial charge in [0.25, 0.3) is 0 Å². The number of hydrogen-bond donors (Lipinski definition) is 3. The Balaban J connectivity index is 1.21. The number of rotatable bonds is 5. The molecule has 3 amide bonds. The molecule has 2 aromatic rings. The maximum Gasteiger partial charge on any atom is 0.340 e. The third-order valence-electron chi connectivity index (χ3n) is 5.84. The second-order valence-corrected chi connectivity index (χ2v) is 8.29. The predicted molar refractivity (Wildman–Crippen MR) is 116 cm³/mol. The van der Waals surface area contributed by atoms with Gasteiger partial charge in [0.1, 0.15) is 12.7 Å². The molecule has 2 saturated heterocycles. The molecule has 0 bridgehead atoms. The lowest BCUT2D eigenvalue weighted by atomic mass is 10.00. The smallest absolute Gasteiger partial charge is 0.340 e. The zero-order valence-electron chi connectivity index (χ0n) is 16.7. The van der Waals surface area contributed by atoms with Crippen LogP contribution in [0.15, 0.2) is 67.0 Å². The fourth-order valence-electron chi connectivity index (χ4n) is 4.24. The van der Waals surface area contributed by atoms with Crippen molar-refractivity contribution in [1.82, 2.24) is 31.1 Å². The molecule has 0 aromatic heterocycles. The van der Waals surface area contributed by atoms with Crippen molar-refractivity contribution in [2.24, 2.45) is 0 Å². The number of fused-ring (bicyclic) bond motifs is 3. The van der Waals surface area contributed by atoms with Crippen LogP contribution in [0, 0.1) is 0 Å². The maximum absolute atomic E-state index is 12.8. The fraction of sp³-hybridized carbons (Fsp3) is 0.273. The van der Waals surface area contributed by atoms with Gasteiger partial charge in [-0.05, 0) is 29.7 Å². The summed E-state index contributed by atoms with van der Waals surface area (Å²) in [4.78, 5) is 26.9. The highest BCUT2D eigenvalue weighted by molar-refractivity contribution is 6.30. The topological polar surface area (TPSA) is 80.0 Å². The van der Waals surface area contributed by atoms with Crippen LogP contribution in [0.3, 0.4) is 0 Å². The normalized spacial score (nSPS) is 24.4. The third kappa shape index (κ3) is 3.97. The second kappa shape index (κ2) is 8.22. The Kier molecular flexibility index (Phi) is 5.27. The molecule has 0 spiro atoms. The lowest BCUT2D eigenvalue weighted by Gasteiger charge is -2.34. The molecule has 5 rings (SSSR count). The van der Waals surface area contributed by atoms with Crippen LogP contribution in [-0.2, 0) is 11.3 Å². The predicted octanol–water partition coefficient (Wildman–Crippen LogP) is 2.33. The monoisotopic (exact) mass is 438 g/mol. The number of carbonyl (C=O) groups excluding carboxylic acids is 2. The summed E-state index contributed by atoms with van der Waals surface area (Å²) >= 11 is 6.01. The van der Waals surface area contributed by atoms with Crippen molar-refractivity contribution in [2.45, 2.75) is 31.2 Å². The van der Waals surface area contributed by atoms with Crippen LogP contribution in [0.1, 0.15) is 23.6 Å². The van der Waals surface area contributed by atoms with Crippen molar-refractivity contribution >= 4 is 23.5 Å². The average Bonchev–Trinajstić information content (AvgIpc) is 3.35. The Morgan fingerprint density at radius 3 is 2.61 bits per heavy atom. The first-order chi connectivity index (χ1) is 15.1. The van der Waals surface area contributed by atoms with Crippen molar-refractivity contribution in [2.75, 3.05) is 6.54 Å². The van der Waals surface area contributed by atoms with Gasteiger partial charge in [-0.25, -0.2) is 20.7 Å². The van der Waals surface area contributed by atoms with E-state index in [1.807, 2.05) is 65.8 Å². The highest BCUT2D eigenvalue weighted by atomic mass is 35.5. The van der Waals surface area contributed by atoms with Crippen molar-refractivity contribution in [3.8, 4) is 0 Å². The van der Waals surface area contributed by atoms with Crippen molar-refractivity contribution in [3.63, 3.8) is 0 Å². The second-order valence-electron chi connectivity index (χ2n) is 7.85. The summed E-state index contributed by atoms with van der Waals surface area (Å²) in [5.74, 6) is -0.214. The minimum atomic E-state index is -0.246. The van der Waals surface area contributed by atoms with E-state index < -0.39 is 0 Å². The van der Waals surface area contributed by atoms with Crippen LogP contribution in [0.2, 0.25) is 5.02 Å². The van der Waals surface area contributed by atoms with Gasteiger partial charge in [-0.2, -0.15) is 0 Å². The molecule has 8 nitrogen and oxygen atoms in total. The van der Waals surface area contributed by atoms with E-state index in [4.69, 9.17) is 11.6 Å². The summed E-state index contributed by atoms with van der Waals surface area (Å²) in [6, 6.07) is 17.4. The van der Waals surface area contributed by atoms with Crippen LogP contribution >= 0.6 is 11.6 Å². The number of halogens is 1. The van der Waals surface area contributed by atoms with Gasteiger partial charge in [0, 0.05) is 24.0 Å². The zero-order valence-corrected chi connectivity index (χ0v) is 17.5. The lowest BCUT2D eigenvalue weighted by molar-refractivity contribution is -0.122. The van der Waals surface area contributed by atoms with E-state index in [1.54, 1.807) is 11.1 Å². The lowest BCUT2D eigenvalue weighted by Crippen LogP contribution is -2.54. The Bertz CT molecular complexity index is 999. The first kappa shape index (κ1) is 19.9. The highest BCUT2D eigenvalue weighted by Gasteiger charge is 2.48. The molecule has 0 aliphatic carbocycles. The van der Waals surface area contributed by atoms with E-state index in [9.17, 15) is 9.59 Å². The number of nitrogens with one attached hydrogen (secondary N) is 3. The van der Waals surface area contributed by atoms with E-state index in [0.717, 1.165) is 17.5 Å².